The highest BCUT2D eigenvalue weighted by atomic mass is 14.3. The van der Waals surface area contributed by atoms with Crippen molar-refractivity contribution in [3.8, 4) is 12.1 Å². The normalized spacial score (nSPS) is 9.46. The van der Waals surface area contributed by atoms with Gasteiger partial charge in [0.15, 0.2) is 0 Å². The van der Waals surface area contributed by atoms with E-state index in [1.165, 1.54) is 0 Å². The zero-order chi connectivity index (χ0) is 9.68. The molecule has 13 heavy (non-hydrogen) atoms. The van der Waals surface area contributed by atoms with E-state index in [9.17, 15) is 0 Å². The molecule has 0 aliphatic carbocycles. The topological polar surface area (TPSA) is 47.6 Å². The minimum atomic E-state index is 0.427. The predicted molar refractivity (Wildman–Crippen MR) is 50.6 cm³/mol. The Balaban J connectivity index is 3.25. The summed E-state index contributed by atoms with van der Waals surface area (Å²) in [5.41, 5.74) is 1.80. The van der Waals surface area contributed by atoms with E-state index in [2.05, 4.69) is 0 Å². The first-order valence-electron chi connectivity index (χ1n) is 3.88. The number of nitrogens with zero attached hydrogens (tertiary/aromatic N) is 2. The van der Waals surface area contributed by atoms with Crippen LogP contribution in [0.5, 0.6) is 0 Å². The second kappa shape index (κ2) is 4.09. The molecule has 0 N–H and O–H groups in total. The zero-order valence-corrected chi connectivity index (χ0v) is 7.28. The third kappa shape index (κ3) is 1.95. The smallest absolute Gasteiger partial charge is 0.101 e. The van der Waals surface area contributed by atoms with Gasteiger partial charge in [0, 0.05) is 0 Å². The van der Waals surface area contributed by atoms with Crippen LogP contribution in [-0.4, -0.2) is 0 Å². The standard InChI is InChI=1S/C11H8N2/c1-2-3-9-4-5-10(7-12)11(6-9)8-13/h2-6H,1H3. The van der Waals surface area contributed by atoms with Crippen LogP contribution in [0.25, 0.3) is 6.08 Å². The van der Waals surface area contributed by atoms with Gasteiger partial charge in [-0.1, -0.05) is 18.2 Å². The van der Waals surface area contributed by atoms with Crippen molar-refractivity contribution >= 4 is 6.08 Å². The van der Waals surface area contributed by atoms with Crippen molar-refractivity contribution in [2.24, 2.45) is 0 Å². The summed E-state index contributed by atoms with van der Waals surface area (Å²) in [6.45, 7) is 1.91. The van der Waals surface area contributed by atoms with Crippen molar-refractivity contribution in [1.29, 1.82) is 10.5 Å². The quantitative estimate of drug-likeness (QED) is 0.646. The van der Waals surface area contributed by atoms with E-state index in [4.69, 9.17) is 10.5 Å². The summed E-state index contributed by atoms with van der Waals surface area (Å²) in [4.78, 5) is 0. The molecule has 62 valence electrons. The Labute approximate surface area is 77.4 Å². The van der Waals surface area contributed by atoms with Gasteiger partial charge < -0.3 is 0 Å². The Morgan fingerprint density at radius 3 is 2.38 bits per heavy atom. The van der Waals surface area contributed by atoms with E-state index >= 15 is 0 Å². The van der Waals surface area contributed by atoms with Gasteiger partial charge >= 0.3 is 0 Å². The maximum atomic E-state index is 8.72. The highest BCUT2D eigenvalue weighted by Gasteiger charge is 1.99. The third-order valence-electron chi connectivity index (χ3n) is 1.64. The molecule has 1 aromatic rings. The molecule has 0 atom stereocenters. The molecule has 0 radical (unpaired) electrons. The highest BCUT2D eigenvalue weighted by Crippen LogP contribution is 2.11. The van der Waals surface area contributed by atoms with E-state index < -0.39 is 0 Å². The molecule has 1 rings (SSSR count). The average Bonchev–Trinajstić information content (AvgIpc) is 2.18. The van der Waals surface area contributed by atoms with Gasteiger partial charge in [-0.05, 0) is 24.6 Å². The molecule has 1 aromatic carbocycles. The van der Waals surface area contributed by atoms with Gasteiger partial charge in [-0.15, -0.1) is 0 Å². The maximum absolute atomic E-state index is 8.72. The number of rotatable bonds is 1. The summed E-state index contributed by atoms with van der Waals surface area (Å²) in [7, 11) is 0. The molecule has 0 amide bonds. The number of allylic oxidation sites excluding steroid dienone is 1. The van der Waals surface area contributed by atoms with Gasteiger partial charge in [-0.2, -0.15) is 10.5 Å². The molecule has 0 aromatic heterocycles. The van der Waals surface area contributed by atoms with Crippen LogP contribution >= 0.6 is 0 Å². The van der Waals surface area contributed by atoms with Crippen LogP contribution in [0.15, 0.2) is 24.3 Å². The molecule has 2 heteroatoms. The lowest BCUT2D eigenvalue weighted by Crippen LogP contribution is -1.84. The summed E-state index contributed by atoms with van der Waals surface area (Å²) in [5.74, 6) is 0. The molecule has 0 unspecified atom stereocenters. The summed E-state index contributed by atoms with van der Waals surface area (Å²) < 4.78 is 0. The zero-order valence-electron chi connectivity index (χ0n) is 7.28. The molecule has 0 spiro atoms. The fourth-order valence-electron chi connectivity index (χ4n) is 1.05. The van der Waals surface area contributed by atoms with Gasteiger partial charge in [0.25, 0.3) is 0 Å². The van der Waals surface area contributed by atoms with Crippen LogP contribution in [0.4, 0.5) is 0 Å². The molecular formula is C11H8N2. The van der Waals surface area contributed by atoms with Gasteiger partial charge in [-0.3, -0.25) is 0 Å². The third-order valence-corrected chi connectivity index (χ3v) is 1.64. The molecule has 0 saturated carbocycles. The SMILES string of the molecule is CC=Cc1ccc(C#N)c(C#N)c1. The van der Waals surface area contributed by atoms with Crippen LogP contribution in [0.1, 0.15) is 23.6 Å². The second-order valence-corrected chi connectivity index (χ2v) is 2.53. The van der Waals surface area contributed by atoms with Crippen molar-refractivity contribution < 1.29 is 0 Å². The van der Waals surface area contributed by atoms with Gasteiger partial charge in [0.1, 0.15) is 12.1 Å². The predicted octanol–water partition coefficient (Wildman–Crippen LogP) is 2.46. The minimum absolute atomic E-state index is 0.427. The van der Waals surface area contributed by atoms with Crippen molar-refractivity contribution in [3.05, 3.63) is 41.0 Å². The molecule has 0 aliphatic heterocycles. The number of hydrogen-bond donors (Lipinski definition) is 0. The molecule has 2 nitrogen and oxygen atoms in total. The van der Waals surface area contributed by atoms with Crippen LogP contribution in [-0.2, 0) is 0 Å². The number of hydrogen-bond acceptors (Lipinski definition) is 2. The lowest BCUT2D eigenvalue weighted by Gasteiger charge is -1.95. The fraction of sp³-hybridized carbons (Fsp3) is 0.0909. The highest BCUT2D eigenvalue weighted by molar-refractivity contribution is 5.56. The van der Waals surface area contributed by atoms with E-state index in [0.29, 0.717) is 11.1 Å². The Morgan fingerprint density at radius 1 is 1.15 bits per heavy atom. The first-order valence-corrected chi connectivity index (χ1v) is 3.88. The Kier molecular flexibility index (Phi) is 2.84. The summed E-state index contributed by atoms with van der Waals surface area (Å²) >= 11 is 0. The molecule has 0 bridgehead atoms. The summed E-state index contributed by atoms with van der Waals surface area (Å²) in [6.07, 6.45) is 3.78. The van der Waals surface area contributed by atoms with E-state index in [-0.39, 0.29) is 0 Å². The molecule has 0 fully saturated rings. The maximum Gasteiger partial charge on any atom is 0.101 e. The number of benzene rings is 1. The van der Waals surface area contributed by atoms with E-state index in [1.807, 2.05) is 37.3 Å². The molecule has 0 heterocycles. The van der Waals surface area contributed by atoms with Gasteiger partial charge in [0.05, 0.1) is 11.1 Å². The Morgan fingerprint density at radius 2 is 1.85 bits per heavy atom. The van der Waals surface area contributed by atoms with Crippen LogP contribution in [0, 0.1) is 22.7 Å². The Bertz CT molecular complexity index is 417. The van der Waals surface area contributed by atoms with Crippen molar-refractivity contribution in [2.75, 3.05) is 0 Å². The van der Waals surface area contributed by atoms with Gasteiger partial charge in [-0.25, -0.2) is 0 Å². The largest absolute Gasteiger partial charge is 0.192 e. The monoisotopic (exact) mass is 168 g/mol. The van der Waals surface area contributed by atoms with Crippen LogP contribution < -0.4 is 0 Å². The summed E-state index contributed by atoms with van der Waals surface area (Å²) in [6, 6.07) is 9.14. The van der Waals surface area contributed by atoms with E-state index in [1.54, 1.807) is 12.1 Å². The molecular weight excluding hydrogens is 160 g/mol. The van der Waals surface area contributed by atoms with Crippen molar-refractivity contribution in [2.45, 2.75) is 6.92 Å². The second-order valence-electron chi connectivity index (χ2n) is 2.53. The summed E-state index contributed by atoms with van der Waals surface area (Å²) in [5, 5.41) is 17.4. The minimum Gasteiger partial charge on any atom is -0.192 e. The van der Waals surface area contributed by atoms with Crippen molar-refractivity contribution in [1.82, 2.24) is 0 Å². The first kappa shape index (κ1) is 9.03. The molecule has 0 saturated heterocycles. The van der Waals surface area contributed by atoms with Crippen LogP contribution in [0.3, 0.4) is 0 Å². The lowest BCUT2D eigenvalue weighted by molar-refractivity contribution is 1.42. The van der Waals surface area contributed by atoms with Gasteiger partial charge in [0.2, 0.25) is 0 Å². The molecule has 0 aliphatic rings. The number of nitriles is 2. The Hall–Kier alpha value is -2.06. The average molecular weight is 168 g/mol. The fourth-order valence-corrected chi connectivity index (χ4v) is 1.05. The first-order chi connectivity index (χ1) is 6.31. The van der Waals surface area contributed by atoms with E-state index in [0.717, 1.165) is 5.56 Å². The lowest BCUT2D eigenvalue weighted by atomic mass is 10.1. The van der Waals surface area contributed by atoms with Crippen molar-refractivity contribution in [3.63, 3.8) is 0 Å². The van der Waals surface area contributed by atoms with Crippen LogP contribution in [0.2, 0.25) is 0 Å².